The number of hydrogen-bond acceptors (Lipinski definition) is 4. The lowest BCUT2D eigenvalue weighted by molar-refractivity contribution is -0.128. The maximum Gasteiger partial charge on any atom is 0.261 e. The second kappa shape index (κ2) is 8.97. The van der Waals surface area contributed by atoms with E-state index < -0.39 is 6.10 Å². The van der Waals surface area contributed by atoms with Crippen LogP contribution in [0.3, 0.4) is 0 Å². The zero-order chi connectivity index (χ0) is 18.2. The molecule has 0 aliphatic carbocycles. The van der Waals surface area contributed by atoms with Gasteiger partial charge in [-0.05, 0) is 42.7 Å². The van der Waals surface area contributed by atoms with Gasteiger partial charge in [-0.25, -0.2) is 0 Å². The fourth-order valence-corrected chi connectivity index (χ4v) is 2.46. The van der Waals surface area contributed by atoms with E-state index in [1.54, 1.807) is 14.2 Å². The van der Waals surface area contributed by atoms with Gasteiger partial charge in [-0.15, -0.1) is 0 Å². The van der Waals surface area contributed by atoms with Gasteiger partial charge in [0, 0.05) is 6.54 Å². The molecule has 0 saturated carbocycles. The molecule has 2 aromatic carbocycles. The van der Waals surface area contributed by atoms with E-state index in [-0.39, 0.29) is 5.91 Å². The maximum absolute atomic E-state index is 12.4. The molecule has 0 aromatic heterocycles. The number of carbonyl (C=O) groups excluding carboxylic acids is 1. The van der Waals surface area contributed by atoms with Crippen LogP contribution in [-0.2, 0) is 11.3 Å². The van der Waals surface area contributed by atoms with Crippen molar-refractivity contribution >= 4 is 5.91 Å². The summed E-state index contributed by atoms with van der Waals surface area (Å²) in [5.74, 6) is 1.89. The summed E-state index contributed by atoms with van der Waals surface area (Å²) in [5, 5.41) is 2.92. The first-order valence-corrected chi connectivity index (χ1v) is 8.30. The molecule has 134 valence electrons. The van der Waals surface area contributed by atoms with Crippen molar-refractivity contribution in [3.63, 3.8) is 0 Å². The summed E-state index contributed by atoms with van der Waals surface area (Å²) in [6.45, 7) is 4.29. The topological polar surface area (TPSA) is 56.8 Å². The van der Waals surface area contributed by atoms with Crippen molar-refractivity contribution in [3.8, 4) is 17.2 Å². The van der Waals surface area contributed by atoms with Crippen molar-refractivity contribution in [3.05, 3.63) is 53.6 Å². The van der Waals surface area contributed by atoms with Crippen molar-refractivity contribution < 1.29 is 19.0 Å². The summed E-state index contributed by atoms with van der Waals surface area (Å²) in [5.41, 5.74) is 1.94. The number of nitrogens with one attached hydrogen (secondary N) is 1. The molecule has 1 N–H and O–H groups in total. The van der Waals surface area contributed by atoms with Crippen LogP contribution in [0, 0.1) is 6.92 Å². The van der Waals surface area contributed by atoms with Gasteiger partial charge in [0.2, 0.25) is 0 Å². The van der Waals surface area contributed by atoms with Crippen LogP contribution in [-0.4, -0.2) is 26.2 Å². The van der Waals surface area contributed by atoms with Crippen molar-refractivity contribution in [1.29, 1.82) is 0 Å². The zero-order valence-corrected chi connectivity index (χ0v) is 15.2. The summed E-state index contributed by atoms with van der Waals surface area (Å²) in [7, 11) is 3.18. The second-order valence-corrected chi connectivity index (χ2v) is 5.69. The van der Waals surface area contributed by atoms with Crippen LogP contribution in [0.25, 0.3) is 0 Å². The molecule has 5 heteroatoms. The molecule has 0 heterocycles. The predicted octanol–water partition coefficient (Wildman–Crippen LogP) is 3.49. The number of methoxy groups -OCH3 is 2. The maximum atomic E-state index is 12.4. The molecule has 0 aliphatic rings. The smallest absolute Gasteiger partial charge is 0.261 e. The molecule has 0 unspecified atom stereocenters. The Labute approximate surface area is 148 Å². The van der Waals surface area contributed by atoms with E-state index in [0.717, 1.165) is 16.9 Å². The van der Waals surface area contributed by atoms with Crippen LogP contribution in [0.2, 0.25) is 0 Å². The highest BCUT2D eigenvalue weighted by Gasteiger charge is 2.19. The first-order chi connectivity index (χ1) is 12.1. The van der Waals surface area contributed by atoms with Gasteiger partial charge in [-0.2, -0.15) is 0 Å². The average Bonchev–Trinajstić information content (AvgIpc) is 2.65. The minimum Gasteiger partial charge on any atom is -0.493 e. The first kappa shape index (κ1) is 18.6. The molecule has 5 nitrogen and oxygen atoms in total. The third-order valence-corrected chi connectivity index (χ3v) is 3.94. The quantitative estimate of drug-likeness (QED) is 0.797. The van der Waals surface area contributed by atoms with Gasteiger partial charge in [-0.1, -0.05) is 31.2 Å². The summed E-state index contributed by atoms with van der Waals surface area (Å²) in [4.78, 5) is 12.4. The van der Waals surface area contributed by atoms with Crippen LogP contribution < -0.4 is 19.5 Å². The van der Waals surface area contributed by atoms with E-state index in [1.807, 2.05) is 56.3 Å². The summed E-state index contributed by atoms with van der Waals surface area (Å²) in [6, 6.07) is 13.2. The standard InChI is InChI=1S/C20H25NO4/c1-5-16(25-17-9-7-6-8-14(17)2)20(22)21-13-15-10-11-18(23-3)19(12-15)24-4/h6-12,16H,5,13H2,1-4H3,(H,21,22)/t16-/m1/s1. The van der Waals surface area contributed by atoms with E-state index in [4.69, 9.17) is 14.2 Å². The molecule has 2 aromatic rings. The number of hydrogen-bond donors (Lipinski definition) is 1. The lowest BCUT2D eigenvalue weighted by atomic mass is 10.2. The summed E-state index contributed by atoms with van der Waals surface area (Å²) >= 11 is 0. The van der Waals surface area contributed by atoms with Gasteiger partial charge < -0.3 is 19.5 Å². The highest BCUT2D eigenvalue weighted by Crippen LogP contribution is 2.27. The van der Waals surface area contributed by atoms with Crippen LogP contribution in [0.1, 0.15) is 24.5 Å². The number of para-hydroxylation sites is 1. The molecule has 1 atom stereocenters. The van der Waals surface area contributed by atoms with Crippen LogP contribution in [0.4, 0.5) is 0 Å². The van der Waals surface area contributed by atoms with Crippen LogP contribution in [0.5, 0.6) is 17.2 Å². The Morgan fingerprint density at radius 3 is 2.40 bits per heavy atom. The van der Waals surface area contributed by atoms with Gasteiger partial charge in [-0.3, -0.25) is 4.79 Å². The third-order valence-electron chi connectivity index (χ3n) is 3.94. The normalized spacial score (nSPS) is 11.5. The second-order valence-electron chi connectivity index (χ2n) is 5.69. The Kier molecular flexibility index (Phi) is 6.69. The van der Waals surface area contributed by atoms with Gasteiger partial charge in [0.25, 0.3) is 5.91 Å². The van der Waals surface area contributed by atoms with Gasteiger partial charge >= 0.3 is 0 Å². The molecule has 0 fully saturated rings. The fraction of sp³-hybridized carbons (Fsp3) is 0.350. The predicted molar refractivity (Wildman–Crippen MR) is 97.3 cm³/mol. The number of rotatable bonds is 8. The summed E-state index contributed by atoms with van der Waals surface area (Å²) in [6.07, 6.45) is 0.0628. The van der Waals surface area contributed by atoms with E-state index in [1.165, 1.54) is 0 Å². The van der Waals surface area contributed by atoms with Crippen molar-refractivity contribution in [2.45, 2.75) is 32.9 Å². The molecule has 25 heavy (non-hydrogen) atoms. The van der Waals surface area contributed by atoms with E-state index in [2.05, 4.69) is 5.32 Å². The lowest BCUT2D eigenvalue weighted by Crippen LogP contribution is -2.37. The van der Waals surface area contributed by atoms with Gasteiger partial charge in [0.15, 0.2) is 17.6 Å². The van der Waals surface area contributed by atoms with E-state index in [9.17, 15) is 4.79 Å². The molecule has 0 aliphatic heterocycles. The SMILES string of the molecule is CC[C@@H](Oc1ccccc1C)C(=O)NCc1ccc(OC)c(OC)c1. The minimum absolute atomic E-state index is 0.138. The van der Waals surface area contributed by atoms with Crippen molar-refractivity contribution in [2.75, 3.05) is 14.2 Å². The van der Waals surface area contributed by atoms with Gasteiger partial charge in [0.1, 0.15) is 5.75 Å². The number of benzene rings is 2. The molecule has 0 spiro atoms. The third kappa shape index (κ3) is 4.89. The van der Waals surface area contributed by atoms with E-state index >= 15 is 0 Å². The number of aryl methyl sites for hydroxylation is 1. The Balaban J connectivity index is 1.99. The molecular weight excluding hydrogens is 318 g/mol. The Bertz CT molecular complexity index is 715. The molecular formula is C20H25NO4. The highest BCUT2D eigenvalue weighted by atomic mass is 16.5. The zero-order valence-electron chi connectivity index (χ0n) is 15.2. The molecule has 0 saturated heterocycles. The number of amides is 1. The van der Waals surface area contributed by atoms with Crippen molar-refractivity contribution in [1.82, 2.24) is 5.32 Å². The summed E-state index contributed by atoms with van der Waals surface area (Å²) < 4.78 is 16.4. The van der Waals surface area contributed by atoms with E-state index in [0.29, 0.717) is 24.5 Å². The largest absolute Gasteiger partial charge is 0.493 e. The molecule has 1 amide bonds. The van der Waals surface area contributed by atoms with Crippen LogP contribution >= 0.6 is 0 Å². The lowest BCUT2D eigenvalue weighted by Gasteiger charge is -2.18. The highest BCUT2D eigenvalue weighted by molar-refractivity contribution is 5.81. The van der Waals surface area contributed by atoms with Crippen molar-refractivity contribution in [2.24, 2.45) is 0 Å². The molecule has 0 radical (unpaired) electrons. The Hall–Kier alpha value is -2.69. The first-order valence-electron chi connectivity index (χ1n) is 8.30. The molecule has 0 bridgehead atoms. The Morgan fingerprint density at radius 2 is 1.76 bits per heavy atom. The van der Waals surface area contributed by atoms with Crippen LogP contribution in [0.15, 0.2) is 42.5 Å². The Morgan fingerprint density at radius 1 is 1.04 bits per heavy atom. The number of ether oxygens (including phenoxy) is 3. The number of carbonyl (C=O) groups is 1. The minimum atomic E-state index is -0.527. The monoisotopic (exact) mass is 343 g/mol. The molecule has 2 rings (SSSR count). The fourth-order valence-electron chi connectivity index (χ4n) is 2.46. The average molecular weight is 343 g/mol. The van der Waals surface area contributed by atoms with Gasteiger partial charge in [0.05, 0.1) is 14.2 Å².